The number of hydrogen-bond acceptors (Lipinski definition) is 6. The van der Waals surface area contributed by atoms with Crippen LogP contribution in [0, 0.1) is 11.8 Å². The van der Waals surface area contributed by atoms with Crippen molar-refractivity contribution >= 4 is 12.0 Å². The summed E-state index contributed by atoms with van der Waals surface area (Å²) in [6.45, 7) is 8.13. The predicted octanol–water partition coefficient (Wildman–Crippen LogP) is 3.14. The predicted molar refractivity (Wildman–Crippen MR) is 111 cm³/mol. The molecule has 1 aromatic rings. The summed E-state index contributed by atoms with van der Waals surface area (Å²) in [5.74, 6) is -1.73. The Kier molecular flexibility index (Phi) is 7.16. The van der Waals surface area contributed by atoms with Gasteiger partial charge in [0.25, 0.3) is 0 Å². The number of aliphatic hydroxyl groups excluding tert-OH is 1. The van der Waals surface area contributed by atoms with Crippen molar-refractivity contribution in [2.75, 3.05) is 13.2 Å². The molecule has 2 heterocycles. The molecule has 2 fully saturated rings. The van der Waals surface area contributed by atoms with Crippen molar-refractivity contribution in [3.05, 3.63) is 35.9 Å². The van der Waals surface area contributed by atoms with Crippen LogP contribution in [0.5, 0.6) is 0 Å². The summed E-state index contributed by atoms with van der Waals surface area (Å²) < 4.78 is 16.9. The average Bonchev–Trinajstić information content (AvgIpc) is 3.07. The minimum atomic E-state index is -0.934. The molecule has 0 saturated carbocycles. The van der Waals surface area contributed by atoms with Crippen molar-refractivity contribution in [3.63, 3.8) is 0 Å². The molecule has 2 aliphatic rings. The summed E-state index contributed by atoms with van der Waals surface area (Å²) in [6.07, 6.45) is -0.102. The number of carbonyl (C=O) groups excluding carboxylic acids is 2. The van der Waals surface area contributed by atoms with Gasteiger partial charge in [-0.05, 0) is 32.3 Å². The summed E-state index contributed by atoms with van der Waals surface area (Å²) in [7, 11) is 0. The van der Waals surface area contributed by atoms with Crippen LogP contribution in [0.2, 0.25) is 0 Å². The number of benzene rings is 1. The lowest BCUT2D eigenvalue weighted by Crippen LogP contribution is -2.49. The molecule has 0 aliphatic carbocycles. The summed E-state index contributed by atoms with van der Waals surface area (Å²) in [6, 6.07) is 9.31. The maximum Gasteiger partial charge on any atom is 0.416 e. The number of imide groups is 1. The molecule has 2 saturated heterocycles. The fourth-order valence-corrected chi connectivity index (χ4v) is 4.12. The Morgan fingerprint density at radius 2 is 1.97 bits per heavy atom. The summed E-state index contributed by atoms with van der Waals surface area (Å²) in [5, 5.41) is 10.8. The molecule has 30 heavy (non-hydrogen) atoms. The maximum absolute atomic E-state index is 13.1. The Morgan fingerprint density at radius 3 is 2.63 bits per heavy atom. The zero-order valence-electron chi connectivity index (χ0n) is 18.2. The van der Waals surface area contributed by atoms with Gasteiger partial charge in [0.2, 0.25) is 5.91 Å². The van der Waals surface area contributed by atoms with Gasteiger partial charge < -0.3 is 19.3 Å². The quantitative estimate of drug-likeness (QED) is 0.731. The van der Waals surface area contributed by atoms with E-state index >= 15 is 0 Å². The summed E-state index contributed by atoms with van der Waals surface area (Å²) in [5.41, 5.74) is 1.02. The van der Waals surface area contributed by atoms with Crippen LogP contribution in [0.15, 0.2) is 30.3 Å². The first-order valence-corrected chi connectivity index (χ1v) is 10.8. The van der Waals surface area contributed by atoms with E-state index in [2.05, 4.69) is 6.92 Å². The van der Waals surface area contributed by atoms with Crippen LogP contribution in [-0.2, 0) is 25.4 Å². The van der Waals surface area contributed by atoms with Gasteiger partial charge in [0.05, 0.1) is 30.8 Å². The van der Waals surface area contributed by atoms with E-state index in [-0.39, 0.29) is 24.7 Å². The molecule has 3 rings (SSSR count). The van der Waals surface area contributed by atoms with Crippen molar-refractivity contribution in [3.8, 4) is 0 Å². The number of amides is 2. The Bertz CT molecular complexity index is 736. The highest BCUT2D eigenvalue weighted by Gasteiger charge is 2.43. The first kappa shape index (κ1) is 22.7. The van der Waals surface area contributed by atoms with Crippen LogP contribution in [0.25, 0.3) is 0 Å². The maximum atomic E-state index is 13.1. The van der Waals surface area contributed by atoms with E-state index in [4.69, 9.17) is 14.2 Å². The van der Waals surface area contributed by atoms with Crippen LogP contribution in [-0.4, -0.2) is 59.3 Å². The van der Waals surface area contributed by atoms with Crippen LogP contribution in [0.3, 0.4) is 0 Å². The molecule has 0 aromatic heterocycles. The molecule has 166 valence electrons. The Balaban J connectivity index is 1.66. The van der Waals surface area contributed by atoms with Crippen molar-refractivity contribution in [2.24, 2.45) is 11.8 Å². The zero-order valence-corrected chi connectivity index (χ0v) is 18.2. The molecular formula is C23H33NO6. The molecule has 7 heteroatoms. The summed E-state index contributed by atoms with van der Waals surface area (Å²) >= 11 is 0. The monoisotopic (exact) mass is 419 g/mol. The van der Waals surface area contributed by atoms with Crippen molar-refractivity contribution < 1.29 is 28.9 Å². The van der Waals surface area contributed by atoms with Crippen molar-refractivity contribution in [2.45, 2.75) is 71.0 Å². The average molecular weight is 420 g/mol. The number of cyclic esters (lactones) is 1. The lowest BCUT2D eigenvalue weighted by atomic mass is 9.89. The zero-order chi connectivity index (χ0) is 21.9. The van der Waals surface area contributed by atoms with Crippen LogP contribution in [0.1, 0.15) is 46.1 Å². The summed E-state index contributed by atoms with van der Waals surface area (Å²) in [4.78, 5) is 26.6. The lowest BCUT2D eigenvalue weighted by Gasteiger charge is -2.42. The van der Waals surface area contributed by atoms with Gasteiger partial charge in [0.1, 0.15) is 6.61 Å². The third-order valence-electron chi connectivity index (χ3n) is 6.08. The topological polar surface area (TPSA) is 85.3 Å². The minimum absolute atomic E-state index is 0.151. The smallest absolute Gasteiger partial charge is 0.416 e. The van der Waals surface area contributed by atoms with E-state index in [1.54, 1.807) is 6.92 Å². The van der Waals surface area contributed by atoms with Crippen LogP contribution in [0.4, 0.5) is 4.79 Å². The molecule has 0 radical (unpaired) electrons. The molecule has 0 bridgehead atoms. The van der Waals surface area contributed by atoms with E-state index in [1.165, 1.54) is 4.90 Å². The van der Waals surface area contributed by atoms with E-state index in [9.17, 15) is 14.7 Å². The fourth-order valence-electron chi connectivity index (χ4n) is 4.12. The second-order valence-corrected chi connectivity index (χ2v) is 8.76. The number of nitrogens with zero attached hydrogens (tertiary/aromatic N) is 1. The van der Waals surface area contributed by atoms with Gasteiger partial charge >= 0.3 is 6.09 Å². The van der Waals surface area contributed by atoms with Gasteiger partial charge in [0, 0.05) is 12.3 Å². The largest absolute Gasteiger partial charge is 0.447 e. The first-order chi connectivity index (χ1) is 14.2. The van der Waals surface area contributed by atoms with Gasteiger partial charge in [-0.3, -0.25) is 4.79 Å². The van der Waals surface area contributed by atoms with E-state index in [0.29, 0.717) is 19.4 Å². The highest BCUT2D eigenvalue weighted by Crippen LogP contribution is 2.32. The second kappa shape index (κ2) is 9.45. The number of rotatable bonds is 7. The Morgan fingerprint density at radius 1 is 1.27 bits per heavy atom. The molecule has 1 N–H and O–H groups in total. The standard InChI is InChI=1S/C23H33NO6/c1-5-17-13-29-23(3,4)30-20(17)12-19(25)15(2)21(26)24-18(14-28-22(24)27)11-16-9-7-6-8-10-16/h6-10,15,17-20,25H,5,11-14H2,1-4H3/t15-,17+,18-,19+,20+/m0/s1. The van der Waals surface area contributed by atoms with E-state index < -0.39 is 29.8 Å². The molecular weight excluding hydrogens is 386 g/mol. The SMILES string of the molecule is CC[C@@H]1COC(C)(C)O[C@@H]1C[C@@H](O)[C@H](C)C(=O)N1C(=O)OC[C@@H]1Cc1ccccc1. The number of carbonyl (C=O) groups is 2. The molecule has 7 nitrogen and oxygen atoms in total. The van der Waals surface area contributed by atoms with E-state index in [0.717, 1.165) is 12.0 Å². The minimum Gasteiger partial charge on any atom is -0.447 e. The van der Waals surface area contributed by atoms with E-state index in [1.807, 2.05) is 44.2 Å². The number of hydrogen-bond donors (Lipinski definition) is 1. The molecule has 0 unspecified atom stereocenters. The molecule has 2 aliphatic heterocycles. The highest BCUT2D eigenvalue weighted by atomic mass is 16.7. The molecule has 1 aromatic carbocycles. The van der Waals surface area contributed by atoms with Crippen molar-refractivity contribution in [1.82, 2.24) is 4.90 Å². The fraction of sp³-hybridized carbons (Fsp3) is 0.652. The molecule has 0 spiro atoms. The van der Waals surface area contributed by atoms with Gasteiger partial charge in [-0.15, -0.1) is 0 Å². The normalized spacial score (nSPS) is 28.1. The molecule has 5 atom stereocenters. The van der Waals surface area contributed by atoms with Crippen molar-refractivity contribution in [1.29, 1.82) is 0 Å². The third-order valence-corrected chi connectivity index (χ3v) is 6.08. The van der Waals surface area contributed by atoms with Gasteiger partial charge in [-0.25, -0.2) is 9.69 Å². The number of ether oxygens (including phenoxy) is 3. The van der Waals surface area contributed by atoms with Gasteiger partial charge in [-0.1, -0.05) is 44.2 Å². The number of aliphatic hydroxyl groups is 1. The Hall–Kier alpha value is -1.96. The van der Waals surface area contributed by atoms with Crippen LogP contribution >= 0.6 is 0 Å². The molecule has 2 amide bonds. The van der Waals surface area contributed by atoms with Gasteiger partial charge in [-0.2, -0.15) is 0 Å². The lowest BCUT2D eigenvalue weighted by molar-refractivity contribution is -0.297. The first-order valence-electron chi connectivity index (χ1n) is 10.8. The van der Waals surface area contributed by atoms with Gasteiger partial charge in [0.15, 0.2) is 5.79 Å². The second-order valence-electron chi connectivity index (χ2n) is 8.76. The third kappa shape index (κ3) is 5.20. The van der Waals surface area contributed by atoms with Crippen LogP contribution < -0.4 is 0 Å². The Labute approximate surface area is 178 Å². The highest BCUT2D eigenvalue weighted by molar-refractivity contribution is 5.95.